The topological polar surface area (TPSA) is 71.8 Å². The van der Waals surface area contributed by atoms with Crippen molar-refractivity contribution in [1.29, 1.82) is 0 Å². The van der Waals surface area contributed by atoms with Gasteiger partial charge in [-0.3, -0.25) is 9.79 Å². The molecular formula is C17H30IN5O2. The number of halogens is 1. The molecule has 7 nitrogen and oxygen atoms in total. The van der Waals surface area contributed by atoms with Crippen molar-refractivity contribution >= 4 is 35.9 Å². The van der Waals surface area contributed by atoms with Crippen LogP contribution in [0.3, 0.4) is 0 Å². The van der Waals surface area contributed by atoms with Crippen molar-refractivity contribution in [1.82, 2.24) is 19.8 Å². The fraction of sp³-hybridized carbons (Fsp3) is 0.706. The molecule has 0 aromatic carbocycles. The summed E-state index contributed by atoms with van der Waals surface area (Å²) in [4.78, 5) is 22.6. The molecule has 25 heavy (non-hydrogen) atoms. The second-order valence-electron chi connectivity index (χ2n) is 6.57. The van der Waals surface area contributed by atoms with Crippen LogP contribution >= 0.6 is 24.0 Å². The van der Waals surface area contributed by atoms with Crippen LogP contribution in [0, 0.1) is 11.8 Å². The molecule has 0 saturated carbocycles. The quantitative estimate of drug-likeness (QED) is 0.314. The molecule has 0 atom stereocenters. The van der Waals surface area contributed by atoms with E-state index in [2.05, 4.69) is 38.6 Å². The minimum atomic E-state index is -0.103. The maximum absolute atomic E-state index is 11.6. The third-order valence-corrected chi connectivity index (χ3v) is 4.31. The summed E-state index contributed by atoms with van der Waals surface area (Å²) in [7, 11) is 3.24. The highest BCUT2D eigenvalue weighted by Gasteiger charge is 2.27. The van der Waals surface area contributed by atoms with Gasteiger partial charge in [-0.2, -0.15) is 0 Å². The number of imidazole rings is 1. The largest absolute Gasteiger partial charge is 0.469 e. The van der Waals surface area contributed by atoms with E-state index < -0.39 is 0 Å². The first-order valence-electron chi connectivity index (χ1n) is 8.58. The number of aliphatic imine (C=N–C) groups is 1. The summed E-state index contributed by atoms with van der Waals surface area (Å²) in [6.45, 7) is 7.60. The smallest absolute Gasteiger partial charge is 0.308 e. The zero-order chi connectivity index (χ0) is 17.5. The minimum Gasteiger partial charge on any atom is -0.469 e. The van der Waals surface area contributed by atoms with Gasteiger partial charge in [0.05, 0.1) is 19.6 Å². The van der Waals surface area contributed by atoms with Crippen LogP contribution in [0.25, 0.3) is 0 Å². The second kappa shape index (κ2) is 10.6. The zero-order valence-electron chi connectivity index (χ0n) is 15.6. The molecule has 8 heteroatoms. The fourth-order valence-electron chi connectivity index (χ4n) is 3.05. The van der Waals surface area contributed by atoms with Crippen LogP contribution in [0.5, 0.6) is 0 Å². The summed E-state index contributed by atoms with van der Waals surface area (Å²) >= 11 is 0. The molecule has 1 aromatic rings. The number of hydrogen-bond acceptors (Lipinski definition) is 4. The Balaban J connectivity index is 0.00000312. The van der Waals surface area contributed by atoms with Crippen LogP contribution in [0.1, 0.15) is 32.5 Å². The van der Waals surface area contributed by atoms with E-state index in [9.17, 15) is 4.79 Å². The Hall–Kier alpha value is -1.32. The number of guanidine groups is 1. The molecule has 1 N–H and O–H groups in total. The predicted octanol–water partition coefficient (Wildman–Crippen LogP) is 2.12. The average molecular weight is 463 g/mol. The number of esters is 1. The number of likely N-dealkylation sites (tertiary alicyclic amines) is 1. The third-order valence-electron chi connectivity index (χ3n) is 4.31. The van der Waals surface area contributed by atoms with Crippen LogP contribution in [-0.2, 0) is 22.6 Å². The van der Waals surface area contributed by atoms with Gasteiger partial charge in [0.2, 0.25) is 0 Å². The van der Waals surface area contributed by atoms with Crippen molar-refractivity contribution in [3.8, 4) is 0 Å². The van der Waals surface area contributed by atoms with E-state index in [0.29, 0.717) is 12.5 Å². The van der Waals surface area contributed by atoms with Crippen LogP contribution in [0.15, 0.2) is 17.4 Å². The number of nitrogens with one attached hydrogen (secondary N) is 1. The Labute approximate surface area is 167 Å². The average Bonchev–Trinajstić information content (AvgIpc) is 3.01. The van der Waals surface area contributed by atoms with Gasteiger partial charge >= 0.3 is 5.97 Å². The highest BCUT2D eigenvalue weighted by molar-refractivity contribution is 14.0. The number of nitrogens with zero attached hydrogens (tertiary/aromatic N) is 4. The Bertz CT molecular complexity index is 565. The SMILES string of the molecule is CN=C(NCc1nccn1CC(C)C)N1CCC(C(=O)OC)CC1.I. The van der Waals surface area contributed by atoms with Gasteiger partial charge in [0.15, 0.2) is 5.96 Å². The molecule has 1 fully saturated rings. The van der Waals surface area contributed by atoms with Crippen molar-refractivity contribution < 1.29 is 9.53 Å². The number of rotatable bonds is 5. The first-order chi connectivity index (χ1) is 11.5. The van der Waals surface area contributed by atoms with Crippen molar-refractivity contribution in [2.75, 3.05) is 27.2 Å². The predicted molar refractivity (Wildman–Crippen MR) is 109 cm³/mol. The number of ether oxygens (including phenoxy) is 1. The molecule has 0 radical (unpaired) electrons. The molecule has 0 bridgehead atoms. The molecule has 2 heterocycles. The van der Waals surface area contributed by atoms with Gasteiger partial charge in [-0.15, -0.1) is 24.0 Å². The van der Waals surface area contributed by atoms with Gasteiger partial charge in [-0.1, -0.05) is 13.8 Å². The maximum atomic E-state index is 11.6. The lowest BCUT2D eigenvalue weighted by Gasteiger charge is -2.33. The van der Waals surface area contributed by atoms with Crippen molar-refractivity contribution in [3.05, 3.63) is 18.2 Å². The van der Waals surface area contributed by atoms with Gasteiger partial charge in [-0.25, -0.2) is 4.98 Å². The van der Waals surface area contributed by atoms with Crippen molar-refractivity contribution in [2.24, 2.45) is 16.8 Å². The van der Waals surface area contributed by atoms with E-state index in [1.54, 1.807) is 7.05 Å². The second-order valence-corrected chi connectivity index (χ2v) is 6.57. The summed E-state index contributed by atoms with van der Waals surface area (Å²) in [6, 6.07) is 0. The summed E-state index contributed by atoms with van der Waals surface area (Å²) in [5.74, 6) is 2.35. The Morgan fingerprint density at radius 3 is 2.68 bits per heavy atom. The first kappa shape index (κ1) is 21.7. The van der Waals surface area contributed by atoms with Gasteiger partial charge < -0.3 is 19.5 Å². The minimum absolute atomic E-state index is 0. The highest BCUT2D eigenvalue weighted by atomic mass is 127. The van der Waals surface area contributed by atoms with Gasteiger partial charge in [-0.05, 0) is 18.8 Å². The first-order valence-corrected chi connectivity index (χ1v) is 8.58. The molecule has 0 unspecified atom stereocenters. The Morgan fingerprint density at radius 1 is 1.44 bits per heavy atom. The molecule has 1 aromatic heterocycles. The van der Waals surface area contributed by atoms with Crippen LogP contribution in [-0.4, -0.2) is 53.6 Å². The fourth-order valence-corrected chi connectivity index (χ4v) is 3.05. The van der Waals surface area contributed by atoms with E-state index in [4.69, 9.17) is 4.74 Å². The lowest BCUT2D eigenvalue weighted by molar-refractivity contribution is -0.146. The van der Waals surface area contributed by atoms with E-state index in [0.717, 1.165) is 44.3 Å². The molecule has 142 valence electrons. The van der Waals surface area contributed by atoms with Gasteiger partial charge in [0.25, 0.3) is 0 Å². The number of carbonyl (C=O) groups is 1. The summed E-state index contributed by atoms with van der Waals surface area (Å²) < 4.78 is 7.01. The molecule has 1 saturated heterocycles. The number of carbonyl (C=O) groups excluding carboxylic acids is 1. The standard InChI is InChI=1S/C17H29N5O2.HI/c1-13(2)12-22-10-7-19-15(22)11-20-17(18-3)21-8-5-14(6-9-21)16(23)24-4;/h7,10,13-14H,5-6,8-9,11-12H2,1-4H3,(H,18,20);1H. The van der Waals surface area contributed by atoms with Crippen molar-refractivity contribution in [3.63, 3.8) is 0 Å². The van der Waals surface area contributed by atoms with E-state index in [1.165, 1.54) is 7.11 Å². The molecule has 2 rings (SSSR count). The lowest BCUT2D eigenvalue weighted by atomic mass is 9.97. The number of methoxy groups -OCH3 is 1. The van der Waals surface area contributed by atoms with Crippen LogP contribution < -0.4 is 5.32 Å². The van der Waals surface area contributed by atoms with Crippen LogP contribution in [0.4, 0.5) is 0 Å². The zero-order valence-corrected chi connectivity index (χ0v) is 17.9. The summed E-state index contributed by atoms with van der Waals surface area (Å²) in [6.07, 6.45) is 5.45. The normalized spacial score (nSPS) is 15.9. The lowest BCUT2D eigenvalue weighted by Crippen LogP contribution is -2.46. The monoisotopic (exact) mass is 463 g/mol. The van der Waals surface area contributed by atoms with Gasteiger partial charge in [0.1, 0.15) is 5.82 Å². The third kappa shape index (κ3) is 6.16. The molecule has 1 aliphatic heterocycles. The van der Waals surface area contributed by atoms with E-state index in [1.807, 2.05) is 12.4 Å². The van der Waals surface area contributed by atoms with Gasteiger partial charge in [0, 0.05) is 39.1 Å². The molecule has 0 amide bonds. The number of piperidine rings is 1. The number of aromatic nitrogens is 2. The van der Waals surface area contributed by atoms with E-state index >= 15 is 0 Å². The Kier molecular flexibility index (Phi) is 9.23. The highest BCUT2D eigenvalue weighted by Crippen LogP contribution is 2.18. The molecule has 0 spiro atoms. The molecular weight excluding hydrogens is 433 g/mol. The molecule has 1 aliphatic rings. The maximum Gasteiger partial charge on any atom is 0.308 e. The van der Waals surface area contributed by atoms with Crippen LogP contribution in [0.2, 0.25) is 0 Å². The summed E-state index contributed by atoms with van der Waals surface area (Å²) in [5.41, 5.74) is 0. The number of hydrogen-bond donors (Lipinski definition) is 1. The Morgan fingerprint density at radius 2 is 2.12 bits per heavy atom. The summed E-state index contributed by atoms with van der Waals surface area (Å²) in [5, 5.41) is 3.39. The van der Waals surface area contributed by atoms with Crippen molar-refractivity contribution in [2.45, 2.75) is 39.8 Å². The molecule has 0 aliphatic carbocycles. The van der Waals surface area contributed by atoms with E-state index in [-0.39, 0.29) is 35.9 Å².